The van der Waals surface area contributed by atoms with Crippen LogP contribution in [-0.4, -0.2) is 36.4 Å². The lowest BCUT2D eigenvalue weighted by molar-refractivity contribution is 0.621. The van der Waals surface area contributed by atoms with Crippen LogP contribution in [0.4, 0.5) is 10.1 Å². The summed E-state index contributed by atoms with van der Waals surface area (Å²) in [6, 6.07) is 4.12. The first-order valence-corrected chi connectivity index (χ1v) is 6.91. The molecule has 0 saturated heterocycles. The van der Waals surface area contributed by atoms with Crippen LogP contribution < -0.4 is 5.73 Å². The van der Waals surface area contributed by atoms with Crippen LogP contribution >= 0.6 is 0 Å². The summed E-state index contributed by atoms with van der Waals surface area (Å²) in [6.07, 6.45) is 1.60. The van der Waals surface area contributed by atoms with Gasteiger partial charge in [-0.25, -0.2) is 9.07 Å². The van der Waals surface area contributed by atoms with Crippen LogP contribution in [-0.2, 0) is 17.3 Å². The average molecular weight is 269 g/mol. The molecule has 2 rings (SSSR count). The summed E-state index contributed by atoms with van der Waals surface area (Å²) in [4.78, 5) is 0. The second-order valence-electron chi connectivity index (χ2n) is 3.78. The van der Waals surface area contributed by atoms with Crippen LogP contribution in [0.3, 0.4) is 0 Å². The number of rotatable bonds is 4. The van der Waals surface area contributed by atoms with Gasteiger partial charge in [0.15, 0.2) is 5.82 Å². The van der Waals surface area contributed by atoms with Gasteiger partial charge < -0.3 is 5.73 Å². The molecule has 0 fully saturated rings. The molecule has 0 aliphatic heterocycles. The molecule has 18 heavy (non-hydrogen) atoms. The summed E-state index contributed by atoms with van der Waals surface area (Å²) in [5.41, 5.74) is 6.38. The third-order valence-electron chi connectivity index (χ3n) is 2.30. The van der Waals surface area contributed by atoms with Crippen LogP contribution in [0.25, 0.3) is 11.4 Å². The van der Waals surface area contributed by atoms with Gasteiger partial charge in [0, 0.05) is 34.1 Å². The van der Waals surface area contributed by atoms with E-state index < -0.39 is 16.6 Å². The summed E-state index contributed by atoms with van der Waals surface area (Å²) in [7, 11) is -0.939. The fraction of sp³-hybridized carbons (Fsp3) is 0.300. The number of benzene rings is 1. The average Bonchev–Trinajstić information content (AvgIpc) is 2.72. The molecule has 2 N–H and O–H groups in total. The number of nitrogen functional groups attached to an aromatic ring is 1. The smallest absolute Gasteiger partial charge is 0.182 e. The number of nitrogens with zero attached hydrogens (tertiary/aromatic N) is 4. The Morgan fingerprint density at radius 3 is 2.89 bits per heavy atom. The van der Waals surface area contributed by atoms with Crippen LogP contribution in [0.5, 0.6) is 0 Å². The highest BCUT2D eigenvalue weighted by molar-refractivity contribution is 7.84. The second-order valence-corrected chi connectivity index (χ2v) is 5.33. The molecule has 1 aromatic carbocycles. The third-order valence-corrected chi connectivity index (χ3v) is 3.06. The fourth-order valence-electron chi connectivity index (χ4n) is 1.52. The first kappa shape index (κ1) is 12.6. The fourth-order valence-corrected chi connectivity index (χ4v) is 1.95. The van der Waals surface area contributed by atoms with Gasteiger partial charge in [-0.15, -0.1) is 5.10 Å². The van der Waals surface area contributed by atoms with Crippen LogP contribution in [0.15, 0.2) is 18.2 Å². The van der Waals surface area contributed by atoms with Crippen molar-refractivity contribution in [1.29, 1.82) is 0 Å². The van der Waals surface area contributed by atoms with E-state index in [9.17, 15) is 8.60 Å². The molecule has 0 aliphatic carbocycles. The minimum atomic E-state index is -0.939. The number of nitrogens with two attached hydrogens (primary N) is 1. The molecular weight excluding hydrogens is 257 g/mol. The van der Waals surface area contributed by atoms with Gasteiger partial charge in [0.25, 0.3) is 0 Å². The minimum absolute atomic E-state index is 0.304. The zero-order chi connectivity index (χ0) is 13.1. The van der Waals surface area contributed by atoms with E-state index >= 15 is 0 Å². The Labute approximate surface area is 105 Å². The van der Waals surface area contributed by atoms with Gasteiger partial charge in [-0.05, 0) is 28.6 Å². The predicted octanol–water partition coefficient (Wildman–Crippen LogP) is 0.440. The van der Waals surface area contributed by atoms with Gasteiger partial charge in [-0.3, -0.25) is 4.21 Å². The standard InChI is InChI=1S/C10H12FN5OS/c1-18(17)3-2-16-10(13-14-15-16)7-4-8(11)6-9(12)5-7/h4-6H,2-3,12H2,1H3. The molecule has 0 saturated carbocycles. The quantitative estimate of drug-likeness (QED) is 0.814. The van der Waals surface area contributed by atoms with Gasteiger partial charge in [0.2, 0.25) is 0 Å². The summed E-state index contributed by atoms with van der Waals surface area (Å²) in [5.74, 6) is 0.397. The Morgan fingerprint density at radius 2 is 2.22 bits per heavy atom. The number of aryl methyl sites for hydroxylation is 1. The topological polar surface area (TPSA) is 86.7 Å². The normalized spacial score (nSPS) is 12.6. The maximum Gasteiger partial charge on any atom is 0.182 e. The van der Waals surface area contributed by atoms with Gasteiger partial charge in [0.05, 0.1) is 6.54 Å². The first-order chi connectivity index (χ1) is 8.56. The van der Waals surface area contributed by atoms with Crippen molar-refractivity contribution in [3.8, 4) is 11.4 Å². The molecule has 96 valence electrons. The number of aromatic nitrogens is 4. The summed E-state index contributed by atoms with van der Waals surface area (Å²) < 4.78 is 25.8. The van der Waals surface area contributed by atoms with E-state index in [1.54, 1.807) is 12.3 Å². The van der Waals surface area contributed by atoms with Gasteiger partial charge in [0.1, 0.15) is 5.82 Å². The lowest BCUT2D eigenvalue weighted by atomic mass is 10.2. The van der Waals surface area contributed by atoms with E-state index in [0.29, 0.717) is 29.4 Å². The molecule has 0 bridgehead atoms. The highest BCUT2D eigenvalue weighted by Gasteiger charge is 2.11. The van der Waals surface area contributed by atoms with Crippen molar-refractivity contribution in [3.05, 3.63) is 24.0 Å². The molecule has 6 nitrogen and oxygen atoms in total. The molecule has 0 amide bonds. The van der Waals surface area contributed by atoms with Crippen LogP contribution in [0.1, 0.15) is 0 Å². The van der Waals surface area contributed by atoms with Crippen molar-refractivity contribution in [2.45, 2.75) is 6.54 Å². The molecular formula is C10H12FN5OS. The number of hydrogen-bond donors (Lipinski definition) is 1. The number of anilines is 1. The SMILES string of the molecule is CS(=O)CCn1nnnc1-c1cc(N)cc(F)c1. The maximum atomic E-state index is 13.3. The number of tetrazole rings is 1. The third kappa shape index (κ3) is 2.89. The van der Waals surface area contributed by atoms with Gasteiger partial charge >= 0.3 is 0 Å². The van der Waals surface area contributed by atoms with Crippen LogP contribution in [0.2, 0.25) is 0 Å². The molecule has 1 heterocycles. The lowest BCUT2D eigenvalue weighted by Gasteiger charge is -2.04. The number of halogens is 1. The maximum absolute atomic E-state index is 13.3. The Balaban J connectivity index is 2.33. The summed E-state index contributed by atoms with van der Waals surface area (Å²) in [6.45, 7) is 0.405. The van der Waals surface area contributed by atoms with Crippen molar-refractivity contribution < 1.29 is 8.60 Å². The first-order valence-electron chi connectivity index (χ1n) is 5.19. The minimum Gasteiger partial charge on any atom is -0.399 e. The van der Waals surface area contributed by atoms with Gasteiger partial charge in [-0.2, -0.15) is 0 Å². The lowest BCUT2D eigenvalue weighted by Crippen LogP contribution is -2.09. The van der Waals surface area contributed by atoms with E-state index in [1.807, 2.05) is 0 Å². The monoisotopic (exact) mass is 269 g/mol. The van der Waals surface area contributed by atoms with E-state index in [1.165, 1.54) is 16.8 Å². The van der Waals surface area contributed by atoms with Crippen LogP contribution in [0, 0.1) is 5.82 Å². The van der Waals surface area contributed by atoms with E-state index in [0.717, 1.165) is 0 Å². The molecule has 1 atom stereocenters. The van der Waals surface area contributed by atoms with Crippen molar-refractivity contribution in [3.63, 3.8) is 0 Å². The Kier molecular flexibility index (Phi) is 3.66. The predicted molar refractivity (Wildman–Crippen MR) is 66.6 cm³/mol. The summed E-state index contributed by atoms with van der Waals surface area (Å²) >= 11 is 0. The molecule has 0 spiro atoms. The molecule has 0 radical (unpaired) electrons. The highest BCUT2D eigenvalue weighted by atomic mass is 32.2. The van der Waals surface area contributed by atoms with Gasteiger partial charge in [-0.1, -0.05) is 0 Å². The molecule has 1 unspecified atom stereocenters. The van der Waals surface area contributed by atoms with Crippen molar-refractivity contribution >= 4 is 16.5 Å². The largest absolute Gasteiger partial charge is 0.399 e. The Bertz CT molecular complexity index is 565. The Morgan fingerprint density at radius 1 is 1.44 bits per heavy atom. The highest BCUT2D eigenvalue weighted by Crippen LogP contribution is 2.20. The molecule has 2 aromatic rings. The van der Waals surface area contributed by atoms with Crippen molar-refractivity contribution in [2.24, 2.45) is 0 Å². The zero-order valence-electron chi connectivity index (χ0n) is 9.71. The Hall–Kier alpha value is -1.83. The molecule has 0 aliphatic rings. The van der Waals surface area contributed by atoms with E-state index in [2.05, 4.69) is 15.5 Å². The van der Waals surface area contributed by atoms with E-state index in [-0.39, 0.29) is 0 Å². The molecule has 8 heteroatoms. The molecule has 1 aromatic heterocycles. The number of hydrogen-bond acceptors (Lipinski definition) is 5. The van der Waals surface area contributed by atoms with E-state index in [4.69, 9.17) is 5.73 Å². The van der Waals surface area contributed by atoms with Crippen molar-refractivity contribution in [1.82, 2.24) is 20.2 Å². The summed E-state index contributed by atoms with van der Waals surface area (Å²) in [5, 5.41) is 11.1. The zero-order valence-corrected chi connectivity index (χ0v) is 10.5. The second kappa shape index (κ2) is 5.21. The van der Waals surface area contributed by atoms with Crippen molar-refractivity contribution in [2.75, 3.05) is 17.7 Å².